The van der Waals surface area contributed by atoms with Gasteiger partial charge in [-0.1, -0.05) is 0 Å². The third-order valence-corrected chi connectivity index (χ3v) is 0. The molecule has 0 spiro atoms. The molecule has 0 saturated heterocycles. The Kier molecular flexibility index (Phi) is 178. The zero-order valence-corrected chi connectivity index (χ0v) is 14.4. The van der Waals surface area contributed by atoms with Gasteiger partial charge in [-0.05, 0) is 0 Å². The normalized spacial score (nSPS) is 2.40. The van der Waals surface area contributed by atoms with Crippen LogP contribution in [0.5, 0.6) is 0 Å². The van der Waals surface area contributed by atoms with Crippen molar-refractivity contribution in [2.75, 3.05) is 0 Å². The van der Waals surface area contributed by atoms with Gasteiger partial charge in [-0.15, -0.1) is 0 Å². The van der Waals surface area contributed by atoms with E-state index in [0.29, 0.717) is 0 Å². The predicted octanol–water partition coefficient (Wildman–Crippen LogP) is -6.00. The Morgan fingerprint density at radius 1 is 1.30 bits per heavy atom. The molecule has 0 aromatic rings. The zero-order valence-electron chi connectivity index (χ0n) is 10.1. The minimum absolute atomic E-state index is 0. The van der Waals surface area contributed by atoms with Crippen molar-refractivity contribution in [3.05, 3.63) is 0 Å². The molecule has 0 saturated carbocycles. The minimum Gasteiger partial charge on any atom is -1.00 e. The molecule has 0 aliphatic carbocycles. The molecule has 52 valence electrons. The second-order valence-electron chi connectivity index (χ2n) is 0.283. The molecule has 10 heavy (non-hydrogen) atoms. The second-order valence-corrected chi connectivity index (χ2v) is 0.848. The van der Waals surface area contributed by atoms with Gasteiger partial charge in [-0.25, -0.2) is 0 Å². The van der Waals surface area contributed by atoms with Crippen molar-refractivity contribution < 1.29 is 89.5 Å². The van der Waals surface area contributed by atoms with Crippen LogP contribution in [0.15, 0.2) is 0 Å². The predicted molar refractivity (Wildman–Crippen MR) is 37.9 cm³/mol. The first-order valence-corrected chi connectivity index (χ1v) is 1.95. The first-order valence-electron chi connectivity index (χ1n) is 0.651. The van der Waals surface area contributed by atoms with E-state index in [1.807, 2.05) is 0 Å². The molecule has 0 aliphatic heterocycles. The fourth-order valence-electron chi connectivity index (χ4n) is 0. The van der Waals surface area contributed by atoms with Crippen molar-refractivity contribution in [3.8, 4) is 0 Å². The summed E-state index contributed by atoms with van der Waals surface area (Å²) in [5.74, 6) is 0. The number of rotatable bonds is 0. The zero-order chi connectivity index (χ0) is 3.58. The van der Waals surface area contributed by atoms with Gasteiger partial charge in [-0.3, -0.25) is 4.46 Å². The van der Waals surface area contributed by atoms with Crippen LogP contribution in [0.2, 0.25) is 0 Å². The van der Waals surface area contributed by atoms with Gasteiger partial charge in [0.05, 0.1) is 0 Å². The van der Waals surface area contributed by atoms with Crippen molar-refractivity contribution in [2.24, 2.45) is 0 Å². The largest absolute Gasteiger partial charge is 2.00 e. The Balaban J connectivity index is -0.000000000818. The first kappa shape index (κ1) is 47.2. The summed E-state index contributed by atoms with van der Waals surface area (Å²) in [6.45, 7) is 0. The summed E-state index contributed by atoms with van der Waals surface area (Å²) in [5, 5.41) is 0. The van der Waals surface area contributed by atoms with E-state index >= 15 is 0 Å². The molecule has 0 aromatic carbocycles. The standard InChI is InChI=1S/Al.Ca.Fe.Mg.Na.H2O3Si.Ti.8H/c;;;;;1-4(2)3;;;;;;;;;/h;;;;;1-2H;;;;;;;;;/q;+2;;+2;+1;;;;;;5*-1. The van der Waals surface area contributed by atoms with Gasteiger partial charge in [0.1, 0.15) is 0 Å². The Morgan fingerprint density at radius 3 is 1.30 bits per heavy atom. The van der Waals surface area contributed by atoms with Gasteiger partial charge in [0.25, 0.3) is 0 Å². The third-order valence-electron chi connectivity index (χ3n) is 0. The topological polar surface area (TPSA) is 57.5 Å². The van der Waals surface area contributed by atoms with Crippen LogP contribution in [0.3, 0.4) is 0 Å². The van der Waals surface area contributed by atoms with Crippen LogP contribution < -0.4 is 29.6 Å². The van der Waals surface area contributed by atoms with Crippen LogP contribution in [0, 0.1) is 0 Å². The van der Waals surface area contributed by atoms with Crippen molar-refractivity contribution >= 4 is 87.3 Å². The molecule has 2 N–H and O–H groups in total. The van der Waals surface area contributed by atoms with E-state index in [-0.39, 0.29) is 154 Å². The van der Waals surface area contributed by atoms with Gasteiger partial charge in [0.15, 0.2) is 17.4 Å². The van der Waals surface area contributed by atoms with E-state index in [0.717, 1.165) is 0 Å². The maximum absolute atomic E-state index is 8.74. The molecule has 10 heteroatoms. The maximum atomic E-state index is 8.74. The Bertz CT molecular complexity index is 65.3. The van der Waals surface area contributed by atoms with E-state index in [4.69, 9.17) is 14.1 Å². The average molecular weight is 304 g/mol. The molecular weight excluding hydrogens is 294 g/mol. The fourth-order valence-corrected chi connectivity index (χ4v) is 0. The van der Waals surface area contributed by atoms with Crippen molar-refractivity contribution in [1.82, 2.24) is 0 Å². The monoisotopic (exact) mass is 304 g/mol. The summed E-state index contributed by atoms with van der Waals surface area (Å²) in [4.78, 5) is 14.3. The molecule has 0 fully saturated rings. The van der Waals surface area contributed by atoms with E-state index in [9.17, 15) is 0 Å². The third kappa shape index (κ3) is 83.1. The maximum Gasteiger partial charge on any atom is 2.00 e. The minimum atomic E-state index is -3.13. The summed E-state index contributed by atoms with van der Waals surface area (Å²) < 4.78 is 8.74. The van der Waals surface area contributed by atoms with E-state index in [1.54, 1.807) is 0 Å². The van der Waals surface area contributed by atoms with Crippen molar-refractivity contribution in [1.29, 1.82) is 0 Å². The second kappa shape index (κ2) is 37.6. The molecule has 0 unspecified atom stereocenters. The van der Waals surface area contributed by atoms with E-state index in [1.165, 1.54) is 0 Å². The average Bonchev–Trinajstić information content (AvgIpc) is 0.811. The van der Waals surface area contributed by atoms with Crippen LogP contribution in [-0.2, 0) is 43.2 Å². The summed E-state index contributed by atoms with van der Waals surface area (Å²) in [6, 6.07) is 0. The van der Waals surface area contributed by atoms with Gasteiger partial charge >= 0.3 is 99.5 Å². The molecule has 0 bridgehead atoms. The summed E-state index contributed by atoms with van der Waals surface area (Å²) in [6.07, 6.45) is 0. The molecule has 0 aromatic heterocycles. The van der Waals surface area contributed by atoms with Crippen LogP contribution in [-0.4, -0.2) is 96.9 Å². The molecule has 0 atom stereocenters. The molecular formula is H10AlCaFeMgNaO3SiTi. The van der Waals surface area contributed by atoms with E-state index < -0.39 is 9.17 Å². The summed E-state index contributed by atoms with van der Waals surface area (Å²) >= 11 is 0. The summed E-state index contributed by atoms with van der Waals surface area (Å²) in [5.41, 5.74) is 0. The van der Waals surface area contributed by atoms with Gasteiger partial charge in [0, 0.05) is 38.8 Å². The molecule has 0 rings (SSSR count). The van der Waals surface area contributed by atoms with Gasteiger partial charge in [0.2, 0.25) is 0 Å². The van der Waals surface area contributed by atoms with Crippen LogP contribution in [0.4, 0.5) is 0 Å². The van der Waals surface area contributed by atoms with Crippen LogP contribution in [0.1, 0.15) is 7.13 Å². The van der Waals surface area contributed by atoms with Crippen LogP contribution >= 0.6 is 0 Å². The first-order chi connectivity index (χ1) is 1.73. The van der Waals surface area contributed by atoms with Crippen molar-refractivity contribution in [3.63, 3.8) is 0 Å². The Labute approximate surface area is 173 Å². The SMILES string of the molecule is O=[Si](O)O.[AlH3].[Ca+2].[Fe].[H-].[H-].[H-].[H-].[H-].[Mg+2].[Na+].[Ti]. The van der Waals surface area contributed by atoms with Crippen molar-refractivity contribution in [2.45, 2.75) is 0 Å². The summed E-state index contributed by atoms with van der Waals surface area (Å²) in [7, 11) is -3.13. The van der Waals surface area contributed by atoms with E-state index in [2.05, 4.69) is 0 Å². The molecule has 0 heterocycles. The van der Waals surface area contributed by atoms with Crippen LogP contribution in [0.25, 0.3) is 0 Å². The number of hydrogen-bond acceptors (Lipinski definition) is 1. The smallest absolute Gasteiger partial charge is 1.00 e. The molecule has 3 nitrogen and oxygen atoms in total. The Morgan fingerprint density at radius 2 is 1.30 bits per heavy atom. The molecule has 0 amide bonds. The Hall–Kier alpha value is 4.41. The molecule has 0 aliphatic rings. The van der Waals surface area contributed by atoms with Gasteiger partial charge in [-0.2, -0.15) is 0 Å². The van der Waals surface area contributed by atoms with Gasteiger partial charge < -0.3 is 16.7 Å². The fraction of sp³-hybridized carbons (Fsp3) is 0. The molecule has 0 radical (unpaired) electrons. The quantitative estimate of drug-likeness (QED) is 0.438. The number of hydrogen-bond donors (Lipinski definition) is 2.